The van der Waals surface area contributed by atoms with Gasteiger partial charge in [0.05, 0.1) is 7.11 Å². The maximum Gasteiger partial charge on any atom is 0.328 e. The summed E-state index contributed by atoms with van der Waals surface area (Å²) in [6.07, 6.45) is 0.488. The maximum atomic E-state index is 12.0. The molecule has 1 rings (SSSR count). The number of amides is 2. The largest absolute Gasteiger partial charge is 0.467 e. The molecule has 0 heterocycles. The van der Waals surface area contributed by atoms with Gasteiger partial charge in [-0.25, -0.2) is 9.59 Å². The Hall–Kier alpha value is -2.44. The smallest absolute Gasteiger partial charge is 0.328 e. The summed E-state index contributed by atoms with van der Waals surface area (Å²) < 4.78 is 4.70. The second kappa shape index (κ2) is 8.87. The lowest BCUT2D eigenvalue weighted by Crippen LogP contribution is -2.44. The highest BCUT2D eigenvalue weighted by molar-refractivity contribution is 5.92. The number of methoxy groups -OCH3 is 1. The van der Waals surface area contributed by atoms with Crippen LogP contribution in [0.25, 0.3) is 0 Å². The summed E-state index contributed by atoms with van der Waals surface area (Å²) in [6, 6.07) is 5.15. The molecule has 2 atom stereocenters. The normalized spacial score (nSPS) is 13.1. The van der Waals surface area contributed by atoms with Gasteiger partial charge in [-0.2, -0.15) is 4.91 Å². The number of esters is 1. The average Bonchev–Trinajstić information content (AvgIpc) is 2.52. The molecule has 0 aliphatic carbocycles. The van der Waals surface area contributed by atoms with E-state index in [0.717, 1.165) is 5.56 Å². The Balaban J connectivity index is 2.66. The zero-order valence-corrected chi connectivity index (χ0v) is 13.8. The Morgan fingerprint density at radius 3 is 2.26 bits per heavy atom. The highest BCUT2D eigenvalue weighted by Crippen LogP contribution is 2.18. The van der Waals surface area contributed by atoms with Crippen molar-refractivity contribution in [1.82, 2.24) is 5.32 Å². The van der Waals surface area contributed by atoms with Crippen molar-refractivity contribution in [3.8, 4) is 0 Å². The Morgan fingerprint density at radius 1 is 1.17 bits per heavy atom. The summed E-state index contributed by atoms with van der Waals surface area (Å²) in [7, 11) is 1.29. The fourth-order valence-electron chi connectivity index (χ4n) is 2.06. The quantitative estimate of drug-likeness (QED) is 0.595. The van der Waals surface area contributed by atoms with Gasteiger partial charge in [-0.3, -0.25) is 0 Å². The van der Waals surface area contributed by atoms with Gasteiger partial charge in [-0.1, -0.05) is 31.2 Å². The van der Waals surface area contributed by atoms with Crippen LogP contribution in [0.5, 0.6) is 0 Å². The molecule has 0 bridgehead atoms. The van der Waals surface area contributed by atoms with Crippen LogP contribution in [0.3, 0.4) is 0 Å². The first kappa shape index (κ1) is 18.6. The number of anilines is 1. The molecule has 2 unspecified atom stereocenters. The summed E-state index contributed by atoms with van der Waals surface area (Å²) in [5, 5.41) is 8.19. The van der Waals surface area contributed by atoms with Gasteiger partial charge < -0.3 is 15.4 Å². The molecule has 7 nitrogen and oxygen atoms in total. The van der Waals surface area contributed by atoms with Crippen LogP contribution >= 0.6 is 0 Å². The minimum atomic E-state index is -0.696. The van der Waals surface area contributed by atoms with Gasteiger partial charge in [0.25, 0.3) is 0 Å². The second-order valence-electron chi connectivity index (χ2n) is 5.71. The van der Waals surface area contributed by atoms with Gasteiger partial charge in [0.15, 0.2) is 0 Å². The standard InChI is InChI=1S/C16H23N3O4/c1-10(2)9-14(15(20)23-4)18-16(21)17-13-7-5-12(6-8-13)11(3)19-22/h5-8,10-11,14H,9H2,1-4H3,(H2,17,18,21). The molecule has 0 fully saturated rings. The predicted molar refractivity (Wildman–Crippen MR) is 88.1 cm³/mol. The fraction of sp³-hybridized carbons (Fsp3) is 0.500. The summed E-state index contributed by atoms with van der Waals surface area (Å²) >= 11 is 0. The molecule has 2 amide bonds. The van der Waals surface area contributed by atoms with Gasteiger partial charge in [-0.15, -0.1) is 0 Å². The number of ether oxygens (including phenoxy) is 1. The van der Waals surface area contributed by atoms with Crippen molar-refractivity contribution in [3.63, 3.8) is 0 Å². The summed E-state index contributed by atoms with van der Waals surface area (Å²) in [6.45, 7) is 5.60. The molecular weight excluding hydrogens is 298 g/mol. The van der Waals surface area contributed by atoms with E-state index in [2.05, 4.69) is 15.8 Å². The van der Waals surface area contributed by atoms with Crippen molar-refractivity contribution >= 4 is 17.7 Å². The highest BCUT2D eigenvalue weighted by atomic mass is 16.5. The first-order valence-corrected chi connectivity index (χ1v) is 7.45. The van der Waals surface area contributed by atoms with E-state index in [1.807, 2.05) is 13.8 Å². The lowest BCUT2D eigenvalue weighted by atomic mass is 10.0. The monoisotopic (exact) mass is 321 g/mol. The molecule has 0 radical (unpaired) electrons. The third-order valence-corrected chi connectivity index (χ3v) is 3.31. The number of urea groups is 1. The Labute approximate surface area is 135 Å². The number of hydrogen-bond acceptors (Lipinski definition) is 5. The van der Waals surface area contributed by atoms with Crippen molar-refractivity contribution in [3.05, 3.63) is 34.7 Å². The molecule has 0 aliphatic heterocycles. The van der Waals surface area contributed by atoms with Crippen LogP contribution in [0.4, 0.5) is 10.5 Å². The summed E-state index contributed by atoms with van der Waals surface area (Å²) in [5.74, 6) is -0.244. The van der Waals surface area contributed by atoms with E-state index in [9.17, 15) is 14.5 Å². The van der Waals surface area contributed by atoms with Gasteiger partial charge in [0.1, 0.15) is 12.1 Å². The van der Waals surface area contributed by atoms with Crippen LogP contribution in [0.1, 0.15) is 38.8 Å². The topological polar surface area (TPSA) is 96.9 Å². The number of rotatable bonds is 7. The molecule has 0 spiro atoms. The van der Waals surface area contributed by atoms with E-state index in [0.29, 0.717) is 12.1 Å². The third kappa shape index (κ3) is 6.06. The van der Waals surface area contributed by atoms with E-state index in [4.69, 9.17) is 4.74 Å². The minimum Gasteiger partial charge on any atom is -0.467 e. The molecule has 0 aromatic heterocycles. The van der Waals surface area contributed by atoms with Gasteiger partial charge in [-0.05, 0) is 37.0 Å². The number of nitrogens with zero attached hydrogens (tertiary/aromatic N) is 1. The number of benzene rings is 1. The molecule has 2 N–H and O–H groups in total. The molecule has 1 aromatic rings. The van der Waals surface area contributed by atoms with Crippen molar-refractivity contribution in [2.45, 2.75) is 39.3 Å². The van der Waals surface area contributed by atoms with E-state index in [-0.39, 0.29) is 5.92 Å². The molecule has 126 valence electrons. The molecule has 7 heteroatoms. The number of carbonyl (C=O) groups excluding carboxylic acids is 2. The highest BCUT2D eigenvalue weighted by Gasteiger charge is 2.22. The Bertz CT molecular complexity index is 543. The van der Waals surface area contributed by atoms with Crippen LogP contribution in [-0.4, -0.2) is 25.2 Å². The zero-order chi connectivity index (χ0) is 17.4. The van der Waals surface area contributed by atoms with Gasteiger partial charge >= 0.3 is 12.0 Å². The summed E-state index contributed by atoms with van der Waals surface area (Å²) in [4.78, 5) is 34.2. The van der Waals surface area contributed by atoms with Crippen molar-refractivity contribution in [2.24, 2.45) is 11.1 Å². The molecule has 0 aliphatic rings. The van der Waals surface area contributed by atoms with E-state index < -0.39 is 24.1 Å². The maximum absolute atomic E-state index is 12.0. The molecular formula is C16H23N3O4. The number of carbonyl (C=O) groups is 2. The van der Waals surface area contributed by atoms with E-state index in [1.54, 1.807) is 31.2 Å². The van der Waals surface area contributed by atoms with Crippen molar-refractivity contribution in [2.75, 3.05) is 12.4 Å². The fourth-order valence-corrected chi connectivity index (χ4v) is 2.06. The zero-order valence-electron chi connectivity index (χ0n) is 13.8. The Morgan fingerprint density at radius 2 is 1.78 bits per heavy atom. The molecule has 0 saturated heterocycles. The van der Waals surface area contributed by atoms with Crippen LogP contribution < -0.4 is 10.6 Å². The minimum absolute atomic E-state index is 0.232. The number of nitroso groups, excluding NO2 is 1. The molecule has 23 heavy (non-hydrogen) atoms. The molecule has 0 saturated carbocycles. The number of hydrogen-bond donors (Lipinski definition) is 2. The summed E-state index contributed by atoms with van der Waals surface area (Å²) in [5.41, 5.74) is 1.32. The van der Waals surface area contributed by atoms with Crippen molar-refractivity contribution < 1.29 is 14.3 Å². The van der Waals surface area contributed by atoms with Crippen molar-refractivity contribution in [1.29, 1.82) is 0 Å². The van der Waals surface area contributed by atoms with E-state index in [1.165, 1.54) is 7.11 Å². The average molecular weight is 321 g/mol. The van der Waals surface area contributed by atoms with E-state index >= 15 is 0 Å². The first-order valence-electron chi connectivity index (χ1n) is 7.45. The predicted octanol–water partition coefficient (Wildman–Crippen LogP) is 3.22. The van der Waals surface area contributed by atoms with Crippen LogP contribution in [0.15, 0.2) is 29.4 Å². The van der Waals surface area contributed by atoms with Crippen LogP contribution in [0, 0.1) is 10.8 Å². The lowest BCUT2D eigenvalue weighted by Gasteiger charge is -2.18. The van der Waals surface area contributed by atoms with Crippen LogP contribution in [-0.2, 0) is 9.53 Å². The van der Waals surface area contributed by atoms with Crippen LogP contribution in [0.2, 0.25) is 0 Å². The lowest BCUT2D eigenvalue weighted by molar-refractivity contribution is -0.143. The Kier molecular flexibility index (Phi) is 7.18. The van der Waals surface area contributed by atoms with Gasteiger partial charge in [0, 0.05) is 5.69 Å². The second-order valence-corrected chi connectivity index (χ2v) is 5.71. The van der Waals surface area contributed by atoms with Gasteiger partial charge in [0.2, 0.25) is 0 Å². The number of nitrogens with one attached hydrogen (secondary N) is 2. The SMILES string of the molecule is COC(=O)C(CC(C)C)NC(=O)Nc1ccc(C(C)N=O)cc1. The molecule has 1 aromatic carbocycles. The third-order valence-electron chi connectivity index (χ3n) is 3.31. The first-order chi connectivity index (χ1) is 10.9.